The van der Waals surface area contributed by atoms with Crippen molar-refractivity contribution in [3.63, 3.8) is 0 Å². The monoisotopic (exact) mass is 357 g/mol. The molecule has 1 atom stereocenters. The van der Waals surface area contributed by atoms with E-state index in [0.717, 1.165) is 0 Å². The van der Waals surface area contributed by atoms with Crippen LogP contribution in [-0.2, 0) is 9.59 Å². The van der Waals surface area contributed by atoms with Crippen LogP contribution in [0.15, 0.2) is 43.0 Å². The second-order valence-corrected chi connectivity index (χ2v) is 6.42. The Hall–Kier alpha value is -2.63. The molecule has 6 nitrogen and oxygen atoms in total. The van der Waals surface area contributed by atoms with Crippen molar-refractivity contribution < 1.29 is 14.4 Å². The number of hydrogen-bond donors (Lipinski definition) is 2. The molecule has 3 amide bonds. The molecule has 0 aliphatic carbocycles. The quantitative estimate of drug-likeness (QED) is 0.730. The summed E-state index contributed by atoms with van der Waals surface area (Å²) < 4.78 is 0. The van der Waals surface area contributed by atoms with Crippen LogP contribution in [0.3, 0.4) is 0 Å². The minimum absolute atomic E-state index is 0.00613. The summed E-state index contributed by atoms with van der Waals surface area (Å²) >= 11 is 0. The molecule has 0 bridgehead atoms. The number of carbonyl (C=O) groups excluding carboxylic acids is 3. The van der Waals surface area contributed by atoms with Gasteiger partial charge in [-0.1, -0.05) is 31.2 Å². The first-order chi connectivity index (χ1) is 12.6. The third-order valence-electron chi connectivity index (χ3n) is 4.69. The van der Waals surface area contributed by atoms with E-state index in [0.29, 0.717) is 44.5 Å². The third-order valence-corrected chi connectivity index (χ3v) is 4.69. The average Bonchev–Trinajstić information content (AvgIpc) is 2.70. The van der Waals surface area contributed by atoms with Gasteiger partial charge in [-0.25, -0.2) is 0 Å². The first kappa shape index (κ1) is 19.7. The first-order valence-electron chi connectivity index (χ1n) is 9.09. The lowest BCUT2D eigenvalue weighted by atomic mass is 9.88. The van der Waals surface area contributed by atoms with Crippen molar-refractivity contribution in [3.8, 4) is 0 Å². The smallest absolute Gasteiger partial charge is 0.251 e. The molecule has 1 saturated heterocycles. The molecule has 2 rings (SSSR count). The molecule has 1 fully saturated rings. The highest BCUT2D eigenvalue weighted by Gasteiger charge is 2.33. The number of benzene rings is 1. The highest BCUT2D eigenvalue weighted by molar-refractivity contribution is 5.97. The minimum atomic E-state index is -0.624. The molecule has 1 aliphatic rings. The second-order valence-electron chi connectivity index (χ2n) is 6.42. The summed E-state index contributed by atoms with van der Waals surface area (Å²) in [7, 11) is 0. The van der Waals surface area contributed by atoms with Crippen LogP contribution in [0.5, 0.6) is 0 Å². The molecule has 1 aromatic carbocycles. The van der Waals surface area contributed by atoms with E-state index in [9.17, 15) is 14.4 Å². The van der Waals surface area contributed by atoms with Crippen LogP contribution in [0.25, 0.3) is 0 Å². The summed E-state index contributed by atoms with van der Waals surface area (Å²) in [5.41, 5.74) is 0.521. The van der Waals surface area contributed by atoms with Gasteiger partial charge >= 0.3 is 0 Å². The molecule has 0 unspecified atom stereocenters. The van der Waals surface area contributed by atoms with Crippen LogP contribution in [0, 0.1) is 5.92 Å². The summed E-state index contributed by atoms with van der Waals surface area (Å²) in [6, 6.07) is 8.23. The van der Waals surface area contributed by atoms with Crippen LogP contribution in [0.1, 0.15) is 36.5 Å². The Morgan fingerprint density at radius 1 is 1.23 bits per heavy atom. The summed E-state index contributed by atoms with van der Waals surface area (Å²) in [5, 5.41) is 5.66. The first-order valence-corrected chi connectivity index (χ1v) is 9.09. The Labute approximate surface area is 154 Å². The third kappa shape index (κ3) is 5.18. The van der Waals surface area contributed by atoms with Gasteiger partial charge in [0.25, 0.3) is 5.91 Å². The normalized spacial score (nSPS) is 15.8. The van der Waals surface area contributed by atoms with E-state index in [4.69, 9.17) is 0 Å². The predicted octanol–water partition coefficient (Wildman–Crippen LogP) is 1.74. The summed E-state index contributed by atoms with van der Waals surface area (Å²) in [5.74, 6) is -0.358. The number of piperidine rings is 1. The fourth-order valence-electron chi connectivity index (χ4n) is 3.20. The molecule has 1 aliphatic heterocycles. The van der Waals surface area contributed by atoms with Crippen LogP contribution in [0.2, 0.25) is 0 Å². The van der Waals surface area contributed by atoms with E-state index >= 15 is 0 Å². The van der Waals surface area contributed by atoms with Crippen molar-refractivity contribution in [2.24, 2.45) is 5.92 Å². The zero-order valence-corrected chi connectivity index (χ0v) is 15.2. The van der Waals surface area contributed by atoms with Gasteiger partial charge in [0, 0.05) is 31.6 Å². The molecule has 0 saturated carbocycles. The van der Waals surface area contributed by atoms with Gasteiger partial charge in [-0.05, 0) is 30.9 Å². The van der Waals surface area contributed by atoms with Gasteiger partial charge in [-0.2, -0.15) is 0 Å². The van der Waals surface area contributed by atoms with Gasteiger partial charge in [0.2, 0.25) is 11.8 Å². The molecule has 26 heavy (non-hydrogen) atoms. The van der Waals surface area contributed by atoms with Gasteiger partial charge in [0.1, 0.15) is 6.04 Å². The molecule has 140 valence electrons. The second kappa shape index (κ2) is 9.75. The van der Waals surface area contributed by atoms with Gasteiger partial charge in [-0.3, -0.25) is 14.4 Å². The number of amides is 3. The largest absolute Gasteiger partial charge is 0.351 e. The highest BCUT2D eigenvalue weighted by atomic mass is 16.2. The fraction of sp³-hybridized carbons (Fsp3) is 0.450. The van der Waals surface area contributed by atoms with Gasteiger partial charge in [0.15, 0.2) is 0 Å². The Morgan fingerprint density at radius 2 is 1.88 bits per heavy atom. The number of nitrogens with one attached hydrogen (secondary N) is 2. The lowest BCUT2D eigenvalue weighted by Gasteiger charge is -2.35. The molecule has 1 aromatic rings. The maximum absolute atomic E-state index is 12.6. The minimum Gasteiger partial charge on any atom is -0.351 e. The van der Waals surface area contributed by atoms with Crippen molar-refractivity contribution in [2.75, 3.05) is 19.6 Å². The van der Waals surface area contributed by atoms with Gasteiger partial charge in [-0.15, -0.1) is 6.58 Å². The number of carbonyl (C=O) groups is 3. The molecule has 2 N–H and O–H groups in total. The van der Waals surface area contributed by atoms with Crippen LogP contribution >= 0.6 is 0 Å². The Morgan fingerprint density at radius 3 is 2.46 bits per heavy atom. The Bertz CT molecular complexity index is 637. The average molecular weight is 357 g/mol. The fourth-order valence-corrected chi connectivity index (χ4v) is 3.20. The van der Waals surface area contributed by atoms with E-state index in [-0.39, 0.29) is 23.6 Å². The standard InChI is InChI=1S/C20H27N3O3/c1-3-12-21-20(26)18(22-19(25)16-8-6-5-7-9-16)15-10-13-23(14-11-15)17(24)4-2/h3,5-9,15,18H,1,4,10-14H2,2H3,(H,21,26)(H,22,25)/t18-/m1/s1. The van der Waals surface area contributed by atoms with Crippen molar-refractivity contribution in [1.29, 1.82) is 0 Å². The molecule has 0 aromatic heterocycles. The van der Waals surface area contributed by atoms with Crippen LogP contribution in [0.4, 0.5) is 0 Å². The van der Waals surface area contributed by atoms with Gasteiger partial charge in [0.05, 0.1) is 0 Å². The number of hydrogen-bond acceptors (Lipinski definition) is 3. The Kier molecular flexibility index (Phi) is 7.38. The van der Waals surface area contributed by atoms with E-state index in [2.05, 4.69) is 17.2 Å². The van der Waals surface area contributed by atoms with Crippen LogP contribution < -0.4 is 10.6 Å². The van der Waals surface area contributed by atoms with Crippen molar-refractivity contribution in [3.05, 3.63) is 48.6 Å². The SMILES string of the molecule is C=CCNC(=O)[C@H](NC(=O)c1ccccc1)C1CCN(C(=O)CC)CC1. The Balaban J connectivity index is 2.06. The summed E-state index contributed by atoms with van der Waals surface area (Å²) in [6.45, 7) is 7.03. The molecule has 6 heteroatoms. The number of rotatable bonds is 7. The molecular formula is C20H27N3O3. The zero-order chi connectivity index (χ0) is 18.9. The predicted molar refractivity (Wildman–Crippen MR) is 100 cm³/mol. The van der Waals surface area contributed by atoms with E-state index in [1.54, 1.807) is 30.3 Å². The number of likely N-dealkylation sites (tertiary alicyclic amines) is 1. The molecule has 0 spiro atoms. The van der Waals surface area contributed by atoms with Crippen molar-refractivity contribution in [2.45, 2.75) is 32.2 Å². The topological polar surface area (TPSA) is 78.5 Å². The highest BCUT2D eigenvalue weighted by Crippen LogP contribution is 2.22. The lowest BCUT2D eigenvalue weighted by molar-refractivity contribution is -0.132. The van der Waals surface area contributed by atoms with Crippen molar-refractivity contribution in [1.82, 2.24) is 15.5 Å². The maximum Gasteiger partial charge on any atom is 0.251 e. The van der Waals surface area contributed by atoms with Gasteiger partial charge < -0.3 is 15.5 Å². The van der Waals surface area contributed by atoms with Crippen molar-refractivity contribution >= 4 is 17.7 Å². The van der Waals surface area contributed by atoms with Crippen LogP contribution in [-0.4, -0.2) is 48.3 Å². The summed E-state index contributed by atoms with van der Waals surface area (Å²) in [4.78, 5) is 38.8. The lowest BCUT2D eigenvalue weighted by Crippen LogP contribution is -2.53. The van der Waals surface area contributed by atoms with E-state index < -0.39 is 6.04 Å². The van der Waals surface area contributed by atoms with E-state index in [1.165, 1.54) is 0 Å². The zero-order valence-electron chi connectivity index (χ0n) is 15.2. The molecule has 0 radical (unpaired) electrons. The maximum atomic E-state index is 12.6. The molecule has 1 heterocycles. The number of nitrogens with zero attached hydrogens (tertiary/aromatic N) is 1. The van der Waals surface area contributed by atoms with E-state index in [1.807, 2.05) is 17.9 Å². The molecular weight excluding hydrogens is 330 g/mol. The summed E-state index contributed by atoms with van der Waals surface area (Å²) in [6.07, 6.45) is 3.47.